The predicted octanol–water partition coefficient (Wildman–Crippen LogP) is 1.60. The first-order valence-corrected chi connectivity index (χ1v) is 8.14. The summed E-state index contributed by atoms with van der Waals surface area (Å²) in [7, 11) is -2.79. The van der Waals surface area contributed by atoms with Gasteiger partial charge in [0.15, 0.2) is 0 Å². The van der Waals surface area contributed by atoms with E-state index in [4.69, 9.17) is 4.74 Å². The van der Waals surface area contributed by atoms with Crippen LogP contribution in [0.1, 0.15) is 33.6 Å². The van der Waals surface area contributed by atoms with Crippen molar-refractivity contribution < 1.29 is 13.2 Å². The third-order valence-electron chi connectivity index (χ3n) is 4.01. The Hall–Kier alpha value is 0.160. The van der Waals surface area contributed by atoms with Crippen LogP contribution in [0.15, 0.2) is 0 Å². The van der Waals surface area contributed by atoms with Crippen molar-refractivity contribution >= 4 is 22.2 Å². The molecule has 0 aliphatic carbocycles. The van der Waals surface area contributed by atoms with E-state index in [1.807, 2.05) is 0 Å². The fourth-order valence-corrected chi connectivity index (χ4v) is 4.06. The molecule has 0 aromatic heterocycles. The topological polar surface area (TPSA) is 55.4 Å². The maximum absolute atomic E-state index is 11.4. The lowest BCUT2D eigenvalue weighted by Gasteiger charge is -2.47. The molecule has 108 valence electrons. The molecule has 2 saturated heterocycles. The molecule has 0 radical (unpaired) electrons. The van der Waals surface area contributed by atoms with Gasteiger partial charge in [-0.25, -0.2) is 8.42 Å². The second-order valence-corrected chi connectivity index (χ2v) is 8.64. The quantitative estimate of drug-likeness (QED) is 0.799. The maximum Gasteiger partial charge on any atom is 0.150 e. The molecule has 1 unspecified atom stereocenters. The summed E-state index contributed by atoms with van der Waals surface area (Å²) in [6.45, 7) is 8.06. The van der Waals surface area contributed by atoms with Crippen molar-refractivity contribution in [1.29, 1.82) is 0 Å². The molecule has 2 rings (SSSR count). The van der Waals surface area contributed by atoms with Crippen molar-refractivity contribution in [1.82, 2.24) is 5.32 Å². The van der Waals surface area contributed by atoms with Gasteiger partial charge in [-0.15, -0.1) is 12.4 Å². The fraction of sp³-hybridized carbons (Fsp3) is 1.00. The van der Waals surface area contributed by atoms with Crippen molar-refractivity contribution in [2.45, 2.75) is 39.3 Å². The molecule has 4 nitrogen and oxygen atoms in total. The highest BCUT2D eigenvalue weighted by atomic mass is 35.5. The average Bonchev–Trinajstić information content (AvgIpc) is 2.23. The number of sulfone groups is 1. The molecule has 1 N–H and O–H groups in total. The third kappa shape index (κ3) is 3.59. The number of ether oxygens (including phenoxy) is 1. The van der Waals surface area contributed by atoms with Crippen LogP contribution in [0.25, 0.3) is 0 Å². The largest absolute Gasteiger partial charge is 0.360 e. The Balaban J connectivity index is 0.00000162. The molecule has 2 aliphatic rings. The van der Waals surface area contributed by atoms with Gasteiger partial charge < -0.3 is 4.74 Å². The van der Waals surface area contributed by atoms with Crippen molar-refractivity contribution in [3.63, 3.8) is 0 Å². The smallest absolute Gasteiger partial charge is 0.150 e. The fourth-order valence-electron chi connectivity index (χ4n) is 2.57. The first-order chi connectivity index (χ1) is 7.73. The zero-order chi connectivity index (χ0) is 12.7. The summed E-state index contributed by atoms with van der Waals surface area (Å²) in [4.78, 5) is 0. The normalized spacial score (nSPS) is 35.7. The van der Waals surface area contributed by atoms with Crippen molar-refractivity contribution in [2.24, 2.45) is 11.3 Å². The minimum atomic E-state index is -2.79. The molecular formula is C12H24ClNO3S. The number of rotatable bonds is 1. The van der Waals surface area contributed by atoms with Crippen LogP contribution in [0.2, 0.25) is 0 Å². The maximum atomic E-state index is 11.4. The number of hydrogen-bond acceptors (Lipinski definition) is 4. The molecule has 0 spiro atoms. The molecule has 2 aliphatic heterocycles. The Kier molecular flexibility index (Phi) is 4.75. The highest BCUT2D eigenvalue weighted by Gasteiger charge is 2.43. The van der Waals surface area contributed by atoms with Crippen LogP contribution in [0.5, 0.6) is 0 Å². The monoisotopic (exact) mass is 297 g/mol. The lowest BCUT2D eigenvalue weighted by molar-refractivity contribution is -0.158. The molecular weight excluding hydrogens is 274 g/mol. The van der Waals surface area contributed by atoms with E-state index in [1.54, 1.807) is 0 Å². The molecule has 2 fully saturated rings. The van der Waals surface area contributed by atoms with Gasteiger partial charge in [-0.3, -0.25) is 5.32 Å². The van der Waals surface area contributed by atoms with Crippen LogP contribution in [0.3, 0.4) is 0 Å². The van der Waals surface area contributed by atoms with E-state index in [-0.39, 0.29) is 23.5 Å². The highest BCUT2D eigenvalue weighted by Crippen LogP contribution is 2.35. The first kappa shape index (κ1) is 16.2. The Labute approximate surface area is 116 Å². The summed E-state index contributed by atoms with van der Waals surface area (Å²) in [6, 6.07) is 0. The lowest BCUT2D eigenvalue weighted by Crippen LogP contribution is -2.60. The van der Waals surface area contributed by atoms with Crippen LogP contribution in [-0.4, -0.2) is 38.8 Å². The highest BCUT2D eigenvalue weighted by molar-refractivity contribution is 7.91. The Morgan fingerprint density at radius 2 is 1.72 bits per heavy atom. The van der Waals surface area contributed by atoms with Gasteiger partial charge in [0.05, 0.1) is 18.1 Å². The van der Waals surface area contributed by atoms with E-state index in [2.05, 4.69) is 26.1 Å². The lowest BCUT2D eigenvalue weighted by atomic mass is 9.86. The molecule has 0 saturated carbocycles. The molecule has 0 bridgehead atoms. The van der Waals surface area contributed by atoms with Gasteiger partial charge in [0.2, 0.25) is 0 Å². The Bertz CT molecular complexity index is 370. The summed E-state index contributed by atoms with van der Waals surface area (Å²) in [6.07, 6.45) is 1.43. The molecule has 0 aromatic rings. The zero-order valence-electron chi connectivity index (χ0n) is 11.4. The summed E-state index contributed by atoms with van der Waals surface area (Å²) >= 11 is 0. The Morgan fingerprint density at radius 1 is 1.17 bits per heavy atom. The average molecular weight is 298 g/mol. The van der Waals surface area contributed by atoms with Crippen LogP contribution in [0.4, 0.5) is 0 Å². The van der Waals surface area contributed by atoms with Crippen LogP contribution in [-0.2, 0) is 14.6 Å². The van der Waals surface area contributed by atoms with Crippen molar-refractivity contribution in [3.05, 3.63) is 0 Å². The first-order valence-electron chi connectivity index (χ1n) is 6.32. The summed E-state index contributed by atoms with van der Waals surface area (Å²) in [5, 5.41) is 3.47. The second-order valence-electron chi connectivity index (χ2n) is 6.34. The zero-order valence-corrected chi connectivity index (χ0v) is 13.0. The van der Waals surface area contributed by atoms with Crippen LogP contribution in [0, 0.1) is 11.3 Å². The minimum absolute atomic E-state index is 0. The van der Waals surface area contributed by atoms with Gasteiger partial charge in [0.1, 0.15) is 15.6 Å². The Morgan fingerprint density at radius 3 is 2.17 bits per heavy atom. The SMILES string of the molecule is CC1(C)CNC(C)(C2CCS(=O)(=O)CC2)OC1.Cl. The van der Waals surface area contributed by atoms with Gasteiger partial charge >= 0.3 is 0 Å². The molecule has 0 amide bonds. The van der Waals surface area contributed by atoms with Gasteiger partial charge in [-0.1, -0.05) is 13.8 Å². The van der Waals surface area contributed by atoms with Gasteiger partial charge in [-0.2, -0.15) is 0 Å². The van der Waals surface area contributed by atoms with E-state index in [9.17, 15) is 8.42 Å². The van der Waals surface area contributed by atoms with Gasteiger partial charge in [0.25, 0.3) is 0 Å². The number of halogens is 1. The molecule has 1 atom stereocenters. The van der Waals surface area contributed by atoms with E-state index in [0.717, 1.165) is 13.2 Å². The van der Waals surface area contributed by atoms with Gasteiger partial charge in [0, 0.05) is 17.9 Å². The number of hydrogen-bond donors (Lipinski definition) is 1. The third-order valence-corrected chi connectivity index (χ3v) is 5.73. The van der Waals surface area contributed by atoms with Gasteiger partial charge in [-0.05, 0) is 19.8 Å². The molecule has 18 heavy (non-hydrogen) atoms. The molecule has 2 heterocycles. The molecule has 6 heteroatoms. The van der Waals surface area contributed by atoms with E-state index in [1.165, 1.54) is 0 Å². The molecule has 0 aromatic carbocycles. The minimum Gasteiger partial charge on any atom is -0.360 e. The summed E-state index contributed by atoms with van der Waals surface area (Å²) in [5.74, 6) is 0.922. The van der Waals surface area contributed by atoms with Crippen LogP contribution < -0.4 is 5.32 Å². The van der Waals surface area contributed by atoms with Crippen molar-refractivity contribution in [2.75, 3.05) is 24.7 Å². The standard InChI is InChI=1S/C12H23NO3S.ClH/c1-11(2)8-13-12(3,16-9-11)10-4-6-17(14,15)7-5-10;/h10,13H,4-9H2,1-3H3;1H. The van der Waals surface area contributed by atoms with E-state index in [0.29, 0.717) is 30.3 Å². The number of nitrogens with one attached hydrogen (secondary N) is 1. The summed E-state index contributed by atoms with van der Waals surface area (Å²) < 4.78 is 28.8. The predicted molar refractivity (Wildman–Crippen MR) is 74.8 cm³/mol. The van der Waals surface area contributed by atoms with Crippen LogP contribution >= 0.6 is 12.4 Å². The second kappa shape index (κ2) is 5.27. The van der Waals surface area contributed by atoms with E-state index < -0.39 is 9.84 Å². The van der Waals surface area contributed by atoms with Crippen molar-refractivity contribution in [3.8, 4) is 0 Å². The van der Waals surface area contributed by atoms with E-state index >= 15 is 0 Å². The summed E-state index contributed by atoms with van der Waals surface area (Å²) in [5.41, 5.74) is -0.175.